The van der Waals surface area contributed by atoms with Gasteiger partial charge in [-0.3, -0.25) is 4.79 Å². The summed E-state index contributed by atoms with van der Waals surface area (Å²) in [4.78, 5) is 24.2. The molecule has 4 N–H and O–H groups in total. The van der Waals surface area contributed by atoms with Crippen molar-refractivity contribution in [3.63, 3.8) is 0 Å². The number of carbonyl (C=O) groups excluding carboxylic acids is 1. The minimum atomic E-state index is -0.972. The molecule has 1 aliphatic heterocycles. The number of carboxylic acid groups (broad SMARTS) is 1. The van der Waals surface area contributed by atoms with Gasteiger partial charge in [-0.15, -0.1) is 0 Å². The van der Waals surface area contributed by atoms with Crippen LogP contribution in [-0.4, -0.2) is 28.1 Å². The van der Waals surface area contributed by atoms with Gasteiger partial charge < -0.3 is 20.6 Å². The number of carbonyl (C=O) groups is 2. The van der Waals surface area contributed by atoms with Crippen LogP contribution in [0.15, 0.2) is 60.8 Å². The lowest BCUT2D eigenvalue weighted by atomic mass is 10.1. The molecule has 1 saturated heterocycles. The van der Waals surface area contributed by atoms with Gasteiger partial charge in [0.05, 0.1) is 0 Å². The lowest BCUT2D eigenvalue weighted by Crippen LogP contribution is -2.32. The third-order valence-electron chi connectivity index (χ3n) is 3.93. The summed E-state index contributed by atoms with van der Waals surface area (Å²) in [5, 5.41) is 9.75. The second kappa shape index (κ2) is 7.19. The molecule has 2 heterocycles. The SMILES string of the molecule is N[C@@H](Cc1c[nH]c2ccccc12)C(=O)O.O=C1OC1c1ccccc1. The monoisotopic (exact) mass is 338 g/mol. The van der Waals surface area contributed by atoms with Crippen molar-refractivity contribution in [1.82, 2.24) is 4.98 Å². The molecule has 0 aliphatic carbocycles. The van der Waals surface area contributed by atoms with E-state index in [-0.39, 0.29) is 12.1 Å². The first-order valence-corrected chi connectivity index (χ1v) is 7.85. The second-order valence-corrected chi connectivity index (χ2v) is 5.74. The number of rotatable bonds is 4. The van der Waals surface area contributed by atoms with E-state index in [4.69, 9.17) is 10.8 Å². The number of aliphatic carboxylic acids is 1. The predicted octanol–water partition coefficient (Wildman–Crippen LogP) is 2.41. The van der Waals surface area contributed by atoms with E-state index in [9.17, 15) is 9.59 Å². The van der Waals surface area contributed by atoms with Crippen LogP contribution in [0, 0.1) is 0 Å². The largest absolute Gasteiger partial charge is 0.480 e. The molecule has 0 bridgehead atoms. The number of benzene rings is 2. The van der Waals surface area contributed by atoms with E-state index < -0.39 is 12.0 Å². The minimum absolute atomic E-state index is 0.119. The van der Waals surface area contributed by atoms with Gasteiger partial charge in [0.25, 0.3) is 0 Å². The molecule has 1 aromatic heterocycles. The van der Waals surface area contributed by atoms with Gasteiger partial charge in [-0.25, -0.2) is 4.79 Å². The maximum atomic E-state index is 10.6. The zero-order valence-corrected chi connectivity index (χ0v) is 13.4. The summed E-state index contributed by atoms with van der Waals surface area (Å²) >= 11 is 0. The lowest BCUT2D eigenvalue weighted by Gasteiger charge is -2.04. The molecular weight excluding hydrogens is 320 g/mol. The van der Waals surface area contributed by atoms with Crippen LogP contribution in [0.3, 0.4) is 0 Å². The molecule has 0 spiro atoms. The zero-order chi connectivity index (χ0) is 17.8. The summed E-state index contributed by atoms with van der Waals surface area (Å²) < 4.78 is 4.66. The molecular formula is C19H18N2O4. The molecule has 0 radical (unpaired) electrons. The summed E-state index contributed by atoms with van der Waals surface area (Å²) in [6, 6.07) is 16.4. The van der Waals surface area contributed by atoms with E-state index >= 15 is 0 Å². The third kappa shape index (κ3) is 4.05. The van der Waals surface area contributed by atoms with Crippen LogP contribution in [-0.2, 0) is 20.7 Å². The Balaban J connectivity index is 0.000000157. The molecule has 0 saturated carbocycles. The molecule has 128 valence electrons. The number of nitrogens with one attached hydrogen (secondary N) is 1. The first kappa shape index (κ1) is 16.7. The fourth-order valence-corrected chi connectivity index (χ4v) is 2.54. The van der Waals surface area contributed by atoms with Crippen molar-refractivity contribution in [2.45, 2.75) is 18.6 Å². The molecule has 25 heavy (non-hydrogen) atoms. The van der Waals surface area contributed by atoms with Gasteiger partial charge in [-0.1, -0.05) is 48.5 Å². The number of carboxylic acids is 1. The number of epoxide rings is 1. The van der Waals surface area contributed by atoms with Crippen LogP contribution in [0.4, 0.5) is 0 Å². The number of aromatic nitrogens is 1. The second-order valence-electron chi connectivity index (χ2n) is 5.74. The highest BCUT2D eigenvalue weighted by atomic mass is 16.6. The number of nitrogens with two attached hydrogens (primary N) is 1. The summed E-state index contributed by atoms with van der Waals surface area (Å²) in [6.45, 7) is 0. The van der Waals surface area contributed by atoms with Crippen molar-refractivity contribution in [3.8, 4) is 0 Å². The first-order valence-electron chi connectivity index (χ1n) is 7.85. The van der Waals surface area contributed by atoms with E-state index in [0.29, 0.717) is 6.42 Å². The van der Waals surface area contributed by atoms with Crippen LogP contribution in [0.2, 0.25) is 0 Å². The summed E-state index contributed by atoms with van der Waals surface area (Å²) in [5.74, 6) is -1.09. The van der Waals surface area contributed by atoms with Crippen molar-refractivity contribution in [1.29, 1.82) is 0 Å². The van der Waals surface area contributed by atoms with E-state index in [0.717, 1.165) is 22.0 Å². The van der Waals surface area contributed by atoms with Gasteiger partial charge >= 0.3 is 11.9 Å². The van der Waals surface area contributed by atoms with E-state index in [1.165, 1.54) is 0 Å². The van der Waals surface area contributed by atoms with E-state index in [1.807, 2.05) is 60.8 Å². The Morgan fingerprint density at radius 1 is 1.16 bits per heavy atom. The Bertz CT molecular complexity index is 889. The van der Waals surface area contributed by atoms with Crippen LogP contribution >= 0.6 is 0 Å². The molecule has 1 aliphatic rings. The average molecular weight is 338 g/mol. The van der Waals surface area contributed by atoms with Crippen molar-refractivity contribution in [2.24, 2.45) is 5.73 Å². The fourth-order valence-electron chi connectivity index (χ4n) is 2.54. The molecule has 0 amide bonds. The van der Waals surface area contributed by atoms with Crippen LogP contribution in [0.25, 0.3) is 10.9 Å². The maximum Gasteiger partial charge on any atom is 0.353 e. The van der Waals surface area contributed by atoms with Crippen molar-refractivity contribution < 1.29 is 19.4 Å². The highest BCUT2D eigenvalue weighted by Gasteiger charge is 2.39. The van der Waals surface area contributed by atoms with Gasteiger partial charge in [0.15, 0.2) is 0 Å². The number of para-hydroxylation sites is 1. The molecule has 6 nitrogen and oxygen atoms in total. The molecule has 2 atom stereocenters. The van der Waals surface area contributed by atoms with Crippen LogP contribution in [0.5, 0.6) is 0 Å². The molecule has 1 fully saturated rings. The highest BCUT2D eigenvalue weighted by Crippen LogP contribution is 2.31. The van der Waals surface area contributed by atoms with E-state index in [1.54, 1.807) is 0 Å². The minimum Gasteiger partial charge on any atom is -0.480 e. The Hall–Kier alpha value is -3.12. The summed E-state index contributed by atoms with van der Waals surface area (Å²) in [5.41, 5.74) is 8.39. The van der Waals surface area contributed by atoms with Crippen LogP contribution < -0.4 is 5.73 Å². The summed E-state index contributed by atoms with van der Waals surface area (Å²) in [6.07, 6.45) is 1.90. The van der Waals surface area contributed by atoms with Crippen molar-refractivity contribution in [2.75, 3.05) is 0 Å². The molecule has 6 heteroatoms. The lowest BCUT2D eigenvalue weighted by molar-refractivity contribution is -0.138. The quantitative estimate of drug-likeness (QED) is 0.633. The zero-order valence-electron chi connectivity index (χ0n) is 13.4. The topological polar surface area (TPSA) is 109 Å². The fraction of sp³-hybridized carbons (Fsp3) is 0.158. The first-order chi connectivity index (χ1) is 12.1. The van der Waals surface area contributed by atoms with Gasteiger partial charge in [-0.05, 0) is 11.6 Å². The number of aromatic amines is 1. The average Bonchev–Trinajstić information content (AvgIpc) is 3.23. The van der Waals surface area contributed by atoms with Crippen LogP contribution in [0.1, 0.15) is 17.2 Å². The molecule has 2 aromatic carbocycles. The smallest absolute Gasteiger partial charge is 0.353 e. The highest BCUT2D eigenvalue weighted by molar-refractivity contribution is 5.88. The maximum absolute atomic E-state index is 10.6. The standard InChI is InChI=1S/C11H12N2O2.C8H6O2/c12-9(11(14)15)5-7-6-13-10-4-2-1-3-8(7)10;9-8-7(10-8)6-4-2-1-3-5-6/h1-4,6,9,13H,5,12H2,(H,14,15);1-5,7H/t9-;/m0./s1. The van der Waals surface area contributed by atoms with Gasteiger partial charge in [0.1, 0.15) is 6.04 Å². The van der Waals surface area contributed by atoms with E-state index in [2.05, 4.69) is 9.72 Å². The third-order valence-corrected chi connectivity index (χ3v) is 3.93. The van der Waals surface area contributed by atoms with Crippen molar-refractivity contribution >= 4 is 22.8 Å². The number of hydrogen-bond acceptors (Lipinski definition) is 4. The Labute approximate surface area is 144 Å². The molecule has 3 aromatic rings. The van der Waals surface area contributed by atoms with Gasteiger partial charge in [0.2, 0.25) is 6.10 Å². The van der Waals surface area contributed by atoms with Crippen molar-refractivity contribution in [3.05, 3.63) is 71.9 Å². The Kier molecular flexibility index (Phi) is 4.81. The predicted molar refractivity (Wildman–Crippen MR) is 92.9 cm³/mol. The number of fused-ring (bicyclic) bond motifs is 1. The molecule has 1 unspecified atom stereocenters. The molecule has 4 rings (SSSR count). The number of H-pyrrole nitrogens is 1. The summed E-state index contributed by atoms with van der Waals surface area (Å²) in [7, 11) is 0. The normalized spacial score (nSPS) is 16.5. The number of hydrogen-bond donors (Lipinski definition) is 3. The Morgan fingerprint density at radius 3 is 2.44 bits per heavy atom. The van der Waals surface area contributed by atoms with Gasteiger partial charge in [0, 0.05) is 29.1 Å². The number of ether oxygens (including phenoxy) is 1. The number of cyclic esters (lactones) is 1. The Morgan fingerprint density at radius 2 is 1.80 bits per heavy atom. The van der Waals surface area contributed by atoms with Gasteiger partial charge in [-0.2, -0.15) is 0 Å².